The summed E-state index contributed by atoms with van der Waals surface area (Å²) >= 11 is 1.52. The monoisotopic (exact) mass is 480 g/mol. The van der Waals surface area contributed by atoms with Crippen molar-refractivity contribution >= 4 is 34.5 Å². The van der Waals surface area contributed by atoms with Gasteiger partial charge in [0.05, 0.1) is 40.7 Å². The molecule has 1 saturated heterocycles. The van der Waals surface area contributed by atoms with Crippen LogP contribution in [-0.2, 0) is 17.8 Å². The number of nitrogens with one attached hydrogen (secondary N) is 2. The van der Waals surface area contributed by atoms with Gasteiger partial charge in [0.25, 0.3) is 0 Å². The number of fused-ring (bicyclic) bond motifs is 3. The van der Waals surface area contributed by atoms with Crippen molar-refractivity contribution in [1.29, 1.82) is 0 Å². The lowest BCUT2D eigenvalue weighted by Crippen LogP contribution is -2.32. The van der Waals surface area contributed by atoms with Crippen LogP contribution in [0.2, 0.25) is 0 Å². The molecule has 6 rings (SSSR count). The number of pyridine rings is 3. The largest absolute Gasteiger partial charge is 0.481 e. The number of amides is 1. The molecule has 1 amide bonds. The Morgan fingerprint density at radius 2 is 2.09 bits per heavy atom. The van der Waals surface area contributed by atoms with E-state index in [9.17, 15) is 9.18 Å². The molecule has 2 unspecified atom stereocenters. The number of hydrogen-bond acceptors (Lipinski definition) is 8. The summed E-state index contributed by atoms with van der Waals surface area (Å²) < 4.78 is 19.8. The van der Waals surface area contributed by atoms with Gasteiger partial charge in [-0.3, -0.25) is 9.78 Å². The minimum Gasteiger partial charge on any atom is -0.481 e. The zero-order valence-electron chi connectivity index (χ0n) is 18.8. The van der Waals surface area contributed by atoms with Gasteiger partial charge in [-0.15, -0.1) is 11.8 Å². The molecular formula is C24H25FN6O2S. The summed E-state index contributed by atoms with van der Waals surface area (Å²) in [5.74, 6) is 2.50. The number of ether oxygens (including phenoxy) is 1. The number of aromatic nitrogens is 3. The molecule has 3 aromatic heterocycles. The average Bonchev–Trinajstić information content (AvgIpc) is 3.30. The van der Waals surface area contributed by atoms with Crippen molar-refractivity contribution in [3.8, 4) is 5.88 Å². The SMILES string of the molecule is COc1ccc2ncc(F)c(CCN3CC4C(C3)C4NCc3ccc4c(n3)NC(=O)CS4)c2n1. The first-order valence-corrected chi connectivity index (χ1v) is 12.4. The lowest BCUT2D eigenvalue weighted by Gasteiger charge is -2.20. The summed E-state index contributed by atoms with van der Waals surface area (Å²) in [6.07, 6.45) is 1.87. The Bertz CT molecular complexity index is 1260. The molecule has 5 heterocycles. The first-order chi connectivity index (χ1) is 16.6. The topological polar surface area (TPSA) is 92.3 Å². The van der Waals surface area contributed by atoms with Crippen molar-refractivity contribution in [3.05, 3.63) is 47.5 Å². The van der Waals surface area contributed by atoms with Crippen LogP contribution in [0.25, 0.3) is 11.0 Å². The summed E-state index contributed by atoms with van der Waals surface area (Å²) in [4.78, 5) is 28.2. The molecule has 1 saturated carbocycles. The maximum atomic E-state index is 14.6. The van der Waals surface area contributed by atoms with Crippen LogP contribution in [0.3, 0.4) is 0 Å². The Kier molecular flexibility index (Phi) is 5.59. The molecule has 0 radical (unpaired) electrons. The molecule has 3 aromatic rings. The number of carbonyl (C=O) groups excluding carboxylic acids is 1. The van der Waals surface area contributed by atoms with Gasteiger partial charge in [0, 0.05) is 43.9 Å². The maximum absolute atomic E-state index is 14.6. The first-order valence-electron chi connectivity index (χ1n) is 11.5. The number of methoxy groups -OCH3 is 1. The fourth-order valence-electron chi connectivity index (χ4n) is 5.12. The predicted molar refractivity (Wildman–Crippen MR) is 127 cm³/mol. The maximum Gasteiger partial charge on any atom is 0.235 e. The van der Waals surface area contributed by atoms with Gasteiger partial charge in [0.15, 0.2) is 0 Å². The van der Waals surface area contributed by atoms with Crippen molar-refractivity contribution in [2.75, 3.05) is 37.8 Å². The second-order valence-electron chi connectivity index (χ2n) is 9.04. The van der Waals surface area contributed by atoms with E-state index in [1.54, 1.807) is 13.2 Å². The summed E-state index contributed by atoms with van der Waals surface area (Å²) in [5, 5.41) is 6.48. The highest BCUT2D eigenvalue weighted by atomic mass is 32.2. The molecule has 0 bridgehead atoms. The van der Waals surface area contributed by atoms with Crippen LogP contribution >= 0.6 is 11.8 Å². The molecule has 0 spiro atoms. The molecule has 1 aliphatic carbocycles. The number of piperidine rings is 1. The predicted octanol–water partition coefficient (Wildman–Crippen LogP) is 2.48. The molecular weight excluding hydrogens is 455 g/mol. The number of halogens is 1. The second-order valence-corrected chi connectivity index (χ2v) is 10.1. The number of anilines is 1. The summed E-state index contributed by atoms with van der Waals surface area (Å²) in [7, 11) is 1.56. The molecule has 2 N–H and O–H groups in total. The van der Waals surface area contributed by atoms with E-state index in [0.29, 0.717) is 64.9 Å². The third kappa shape index (κ3) is 4.10. The molecule has 3 aliphatic rings. The van der Waals surface area contributed by atoms with Crippen LogP contribution < -0.4 is 15.4 Å². The van der Waals surface area contributed by atoms with Crippen molar-refractivity contribution < 1.29 is 13.9 Å². The third-order valence-electron chi connectivity index (χ3n) is 6.95. The van der Waals surface area contributed by atoms with Crippen molar-refractivity contribution in [1.82, 2.24) is 25.2 Å². The zero-order valence-corrected chi connectivity index (χ0v) is 19.6. The van der Waals surface area contributed by atoms with E-state index in [2.05, 4.69) is 30.5 Å². The molecule has 176 valence electrons. The van der Waals surface area contributed by atoms with Gasteiger partial charge in [-0.05, 0) is 36.5 Å². The van der Waals surface area contributed by atoms with E-state index < -0.39 is 0 Å². The van der Waals surface area contributed by atoms with E-state index >= 15 is 0 Å². The highest BCUT2D eigenvalue weighted by Gasteiger charge is 2.55. The zero-order chi connectivity index (χ0) is 23.2. The molecule has 0 aromatic carbocycles. The van der Waals surface area contributed by atoms with E-state index in [-0.39, 0.29) is 11.7 Å². The van der Waals surface area contributed by atoms with Gasteiger partial charge in [-0.2, -0.15) is 0 Å². The molecule has 34 heavy (non-hydrogen) atoms. The number of rotatable bonds is 7. The standard InChI is InChI=1S/C24H25FN6O2S/c1-33-21-5-3-18-23(30-21)14(17(25)9-26-18)6-7-31-10-15-16(11-31)22(15)27-8-13-2-4-19-24(28-13)29-20(32)12-34-19/h2-5,9,15-16,22,27H,6-8,10-12H2,1H3,(H,28,29,32). The van der Waals surface area contributed by atoms with Crippen LogP contribution in [0.1, 0.15) is 11.3 Å². The van der Waals surface area contributed by atoms with E-state index in [1.165, 1.54) is 18.0 Å². The minimum atomic E-state index is -0.315. The van der Waals surface area contributed by atoms with Gasteiger partial charge in [0.2, 0.25) is 11.8 Å². The Balaban J connectivity index is 1.03. The van der Waals surface area contributed by atoms with E-state index in [1.807, 2.05) is 18.2 Å². The summed E-state index contributed by atoms with van der Waals surface area (Å²) in [6.45, 7) is 3.49. The highest BCUT2D eigenvalue weighted by Crippen LogP contribution is 2.45. The summed E-state index contributed by atoms with van der Waals surface area (Å²) in [6, 6.07) is 8.10. The van der Waals surface area contributed by atoms with Gasteiger partial charge in [-0.1, -0.05) is 0 Å². The van der Waals surface area contributed by atoms with Gasteiger partial charge in [0.1, 0.15) is 11.6 Å². The average molecular weight is 481 g/mol. The van der Waals surface area contributed by atoms with Gasteiger partial charge < -0.3 is 20.3 Å². The molecule has 10 heteroatoms. The molecule has 2 atom stereocenters. The number of thioether (sulfide) groups is 1. The van der Waals surface area contributed by atoms with Crippen LogP contribution in [0.15, 0.2) is 35.4 Å². The van der Waals surface area contributed by atoms with Gasteiger partial charge >= 0.3 is 0 Å². The second kappa shape index (κ2) is 8.75. The quantitative estimate of drug-likeness (QED) is 0.533. The molecule has 8 nitrogen and oxygen atoms in total. The van der Waals surface area contributed by atoms with Crippen molar-refractivity contribution in [3.63, 3.8) is 0 Å². The fraction of sp³-hybridized carbons (Fsp3) is 0.417. The smallest absolute Gasteiger partial charge is 0.235 e. The first kappa shape index (κ1) is 21.7. The minimum absolute atomic E-state index is 0.00138. The molecule has 2 fully saturated rings. The van der Waals surface area contributed by atoms with Crippen molar-refractivity contribution in [2.45, 2.75) is 23.9 Å². The number of nitrogens with zero attached hydrogens (tertiary/aromatic N) is 4. The van der Waals surface area contributed by atoms with Crippen molar-refractivity contribution in [2.24, 2.45) is 11.8 Å². The number of likely N-dealkylation sites (tertiary alicyclic amines) is 1. The van der Waals surface area contributed by atoms with Crippen LogP contribution in [0.4, 0.5) is 10.2 Å². The third-order valence-corrected chi connectivity index (χ3v) is 7.99. The van der Waals surface area contributed by atoms with Crippen LogP contribution in [-0.4, -0.2) is 64.3 Å². The number of hydrogen-bond donors (Lipinski definition) is 2. The van der Waals surface area contributed by atoms with E-state index in [0.717, 1.165) is 30.2 Å². The lowest BCUT2D eigenvalue weighted by molar-refractivity contribution is -0.113. The fourth-order valence-corrected chi connectivity index (χ4v) is 5.88. The van der Waals surface area contributed by atoms with E-state index in [4.69, 9.17) is 4.74 Å². The van der Waals surface area contributed by atoms with Crippen LogP contribution in [0, 0.1) is 17.7 Å². The number of carbonyl (C=O) groups is 1. The highest BCUT2D eigenvalue weighted by molar-refractivity contribution is 8.00. The Hall–Kier alpha value is -2.82. The Morgan fingerprint density at radius 3 is 2.91 bits per heavy atom. The summed E-state index contributed by atoms with van der Waals surface area (Å²) in [5.41, 5.74) is 2.80. The Labute approximate surface area is 200 Å². The normalized spacial score (nSPS) is 23.5. The molecule has 2 aliphatic heterocycles. The lowest BCUT2D eigenvalue weighted by atomic mass is 10.1. The van der Waals surface area contributed by atoms with Gasteiger partial charge in [-0.25, -0.2) is 14.4 Å². The van der Waals surface area contributed by atoms with Crippen LogP contribution in [0.5, 0.6) is 5.88 Å². The Morgan fingerprint density at radius 1 is 1.24 bits per heavy atom.